The van der Waals surface area contributed by atoms with E-state index in [0.29, 0.717) is 0 Å². The van der Waals surface area contributed by atoms with Crippen molar-refractivity contribution in [3.8, 4) is 0 Å². The Morgan fingerprint density at radius 3 is 0.603 bits per heavy atom. The molecule has 1 radical (unpaired) electrons. The number of hydrogen-bond acceptors (Lipinski definition) is 4. The molecule has 6 aromatic rings. The molecule has 63 heavy (non-hydrogen) atoms. The molecule has 0 N–H and O–H groups in total. The first kappa shape index (κ1) is 52.3. The SMILES string of the molecule is O=C(/C=C(\[O-])c1c(F)c(F)cc(F)c1F)c1c(F)c(F)cc(F)c1F.O=C(/C=C(\[O-])c1c(F)c(F)cc(F)c1F)c1c(F)c(F)cc(F)c1F.[Cu+2].c1ccccc1.c1ccccc1. The molecular formula is C42H18CuF16O4. The third kappa shape index (κ3) is 13.1. The van der Waals surface area contributed by atoms with Crippen molar-refractivity contribution in [3.63, 3.8) is 0 Å². The van der Waals surface area contributed by atoms with Crippen LogP contribution in [-0.2, 0) is 17.1 Å². The quantitative estimate of drug-likeness (QED) is 0.0416. The summed E-state index contributed by atoms with van der Waals surface area (Å²) in [5.74, 6) is -41.2. The molecule has 6 aromatic carbocycles. The smallest absolute Gasteiger partial charge is 0.872 e. The topological polar surface area (TPSA) is 80.3 Å². The first-order chi connectivity index (χ1) is 29.1. The largest absolute Gasteiger partial charge is 2.00 e. The Hall–Kier alpha value is -6.86. The molecule has 0 heterocycles. The number of carbonyl (C=O) groups excluding carboxylic acids is 2. The van der Waals surface area contributed by atoms with Crippen LogP contribution in [0.5, 0.6) is 0 Å². The molecule has 333 valence electrons. The zero-order valence-electron chi connectivity index (χ0n) is 30.4. The van der Waals surface area contributed by atoms with Crippen LogP contribution in [0, 0.1) is 93.1 Å². The zero-order valence-corrected chi connectivity index (χ0v) is 31.3. The fourth-order valence-corrected chi connectivity index (χ4v) is 4.45. The molecule has 4 nitrogen and oxygen atoms in total. The number of hydrogen-bond donors (Lipinski definition) is 0. The maximum absolute atomic E-state index is 13.4. The van der Waals surface area contributed by atoms with Crippen molar-refractivity contribution in [1.82, 2.24) is 0 Å². The fourth-order valence-electron chi connectivity index (χ4n) is 4.45. The van der Waals surface area contributed by atoms with Crippen LogP contribution in [-0.4, -0.2) is 11.6 Å². The summed E-state index contributed by atoms with van der Waals surface area (Å²) < 4.78 is 212. The molecule has 0 aliphatic heterocycles. The Balaban J connectivity index is 0.000000337. The minimum Gasteiger partial charge on any atom is -0.872 e. The molecule has 0 saturated carbocycles. The van der Waals surface area contributed by atoms with Gasteiger partial charge in [0.25, 0.3) is 0 Å². The number of carbonyl (C=O) groups is 2. The molecule has 0 aromatic heterocycles. The van der Waals surface area contributed by atoms with E-state index in [1.165, 1.54) is 0 Å². The standard InChI is InChI=1S/2C15H4F8O2.2C6H6.Cu/c2*16-4-1-5(17)13(21)10(12(4)20)8(24)3-9(25)11-14(22)6(18)2-7(19)15(11)23;2*1-2-4-6-5-3-1;/h2*1-3,24H;2*1-6H;/q;;;;+2/p-2/b2*8-3-;;;. The van der Waals surface area contributed by atoms with E-state index in [1.54, 1.807) is 0 Å². The molecule has 21 heteroatoms. The van der Waals surface area contributed by atoms with Gasteiger partial charge in [-0.15, -0.1) is 0 Å². The monoisotopic (exact) mass is 953 g/mol. The molecule has 6 rings (SSSR count). The second-order valence-corrected chi connectivity index (χ2v) is 11.4. The van der Waals surface area contributed by atoms with Crippen molar-refractivity contribution in [3.05, 3.63) is 225 Å². The van der Waals surface area contributed by atoms with Gasteiger partial charge in [0.05, 0.1) is 11.1 Å². The average molecular weight is 954 g/mol. The van der Waals surface area contributed by atoms with E-state index in [-0.39, 0.29) is 53.5 Å². The Kier molecular flexibility index (Phi) is 19.4. The van der Waals surface area contributed by atoms with Crippen LogP contribution in [0.2, 0.25) is 0 Å². The summed E-state index contributed by atoms with van der Waals surface area (Å²) in [6.45, 7) is 0. The molecular weight excluding hydrogens is 936 g/mol. The Bertz CT molecular complexity index is 2320. The van der Waals surface area contributed by atoms with Gasteiger partial charge in [-0.25, -0.2) is 70.2 Å². The zero-order chi connectivity index (χ0) is 46.6. The average Bonchev–Trinajstić information content (AvgIpc) is 3.23. The summed E-state index contributed by atoms with van der Waals surface area (Å²) in [6.07, 6.45) is -0.721. The van der Waals surface area contributed by atoms with Gasteiger partial charge in [-0.2, -0.15) is 0 Å². The second-order valence-electron chi connectivity index (χ2n) is 11.4. The van der Waals surface area contributed by atoms with E-state index in [4.69, 9.17) is 0 Å². The van der Waals surface area contributed by atoms with E-state index in [2.05, 4.69) is 0 Å². The van der Waals surface area contributed by atoms with Gasteiger partial charge in [0, 0.05) is 35.4 Å². The normalized spacial score (nSPS) is 10.9. The summed E-state index contributed by atoms with van der Waals surface area (Å²) in [4.78, 5) is 23.3. The number of rotatable bonds is 6. The van der Waals surface area contributed by atoms with Gasteiger partial charge in [0.1, 0.15) is 0 Å². The van der Waals surface area contributed by atoms with Crippen molar-refractivity contribution >= 4 is 23.1 Å². The van der Waals surface area contributed by atoms with Gasteiger partial charge in [-0.3, -0.25) is 9.59 Å². The minimum absolute atomic E-state index is 0. The predicted molar refractivity (Wildman–Crippen MR) is 183 cm³/mol. The van der Waals surface area contributed by atoms with Gasteiger partial charge in [-0.1, -0.05) is 84.3 Å². The first-order valence-electron chi connectivity index (χ1n) is 16.3. The number of ketones is 2. The maximum Gasteiger partial charge on any atom is 2.00 e. The van der Waals surface area contributed by atoms with E-state index in [9.17, 15) is 90.0 Å². The Morgan fingerprint density at radius 2 is 0.444 bits per heavy atom. The molecule has 0 bridgehead atoms. The van der Waals surface area contributed by atoms with E-state index in [1.807, 2.05) is 72.8 Å². The third-order valence-corrected chi connectivity index (χ3v) is 7.29. The van der Waals surface area contributed by atoms with Gasteiger partial charge in [-0.05, 0) is 12.2 Å². The second kappa shape index (κ2) is 23.4. The third-order valence-electron chi connectivity index (χ3n) is 7.29. The van der Waals surface area contributed by atoms with Gasteiger partial charge >= 0.3 is 17.1 Å². The van der Waals surface area contributed by atoms with Crippen molar-refractivity contribution < 1.29 is 107 Å². The molecule has 0 saturated heterocycles. The minimum atomic E-state index is -2.17. The molecule has 0 atom stereocenters. The maximum atomic E-state index is 13.4. The van der Waals surface area contributed by atoms with Crippen LogP contribution in [0.1, 0.15) is 31.8 Å². The predicted octanol–water partition coefficient (Wildman–Crippen LogP) is 10.1. The number of halogens is 16. The van der Waals surface area contributed by atoms with Crippen LogP contribution in [0.3, 0.4) is 0 Å². The molecule has 0 unspecified atom stereocenters. The molecule has 0 amide bonds. The summed E-state index contributed by atoms with van der Waals surface area (Å²) >= 11 is 0. The van der Waals surface area contributed by atoms with Gasteiger partial charge < -0.3 is 10.2 Å². The van der Waals surface area contributed by atoms with E-state index < -0.39 is 138 Å². The van der Waals surface area contributed by atoms with Crippen LogP contribution < -0.4 is 10.2 Å². The summed E-state index contributed by atoms with van der Waals surface area (Å²) in [7, 11) is 0. The van der Waals surface area contributed by atoms with Crippen LogP contribution in [0.15, 0.2) is 109 Å². The van der Waals surface area contributed by atoms with Crippen LogP contribution in [0.25, 0.3) is 11.5 Å². The summed E-state index contributed by atoms with van der Waals surface area (Å²) in [5.41, 5.74) is -7.43. The van der Waals surface area contributed by atoms with E-state index >= 15 is 0 Å². The van der Waals surface area contributed by atoms with Crippen molar-refractivity contribution in [2.75, 3.05) is 0 Å². The van der Waals surface area contributed by atoms with Crippen molar-refractivity contribution in [2.24, 2.45) is 0 Å². The van der Waals surface area contributed by atoms with E-state index in [0.717, 1.165) is 0 Å². The summed E-state index contributed by atoms with van der Waals surface area (Å²) in [6, 6.07) is 23.1. The van der Waals surface area contributed by atoms with Crippen molar-refractivity contribution in [1.29, 1.82) is 0 Å². The number of allylic oxidation sites excluding steroid dienone is 2. The molecule has 0 aliphatic carbocycles. The van der Waals surface area contributed by atoms with Gasteiger partial charge in [0.2, 0.25) is 0 Å². The van der Waals surface area contributed by atoms with Crippen LogP contribution >= 0.6 is 0 Å². The number of benzene rings is 6. The Labute approximate surface area is 354 Å². The Morgan fingerprint density at radius 1 is 0.302 bits per heavy atom. The van der Waals surface area contributed by atoms with Gasteiger partial charge in [0.15, 0.2) is 105 Å². The summed E-state index contributed by atoms with van der Waals surface area (Å²) in [5, 5.41) is 23.3. The molecule has 0 fully saturated rings. The molecule has 0 spiro atoms. The first-order valence-corrected chi connectivity index (χ1v) is 16.3. The van der Waals surface area contributed by atoms with Crippen molar-refractivity contribution in [2.45, 2.75) is 0 Å². The fraction of sp³-hybridized carbons (Fsp3) is 0. The van der Waals surface area contributed by atoms with Crippen LogP contribution in [0.4, 0.5) is 70.2 Å². The molecule has 0 aliphatic rings.